The molecule has 3 heterocycles. The molecular formula is C12H15N3O3S. The quantitative estimate of drug-likeness (QED) is 0.898. The molecule has 2 N–H and O–H groups in total. The second-order valence-corrected chi connectivity index (χ2v) is 7.13. The van der Waals surface area contributed by atoms with Crippen molar-refractivity contribution in [1.29, 1.82) is 0 Å². The van der Waals surface area contributed by atoms with Crippen LogP contribution in [0.5, 0.6) is 0 Å². The molecule has 1 unspecified atom stereocenters. The molecule has 102 valence electrons. The van der Waals surface area contributed by atoms with Crippen LogP contribution in [0, 0.1) is 6.92 Å². The molecule has 1 aliphatic heterocycles. The number of hydrogen-bond acceptors (Lipinski definition) is 5. The number of aromatic nitrogens is 2. The van der Waals surface area contributed by atoms with Crippen molar-refractivity contribution in [3.63, 3.8) is 0 Å². The Morgan fingerprint density at radius 1 is 1.47 bits per heavy atom. The topological polar surface area (TPSA) is 91.1 Å². The summed E-state index contributed by atoms with van der Waals surface area (Å²) in [5.74, 6) is 1.60. The lowest BCUT2D eigenvalue weighted by molar-refractivity contribution is 0.507. The summed E-state index contributed by atoms with van der Waals surface area (Å²) < 4.78 is 29.9. The van der Waals surface area contributed by atoms with Gasteiger partial charge in [-0.05, 0) is 19.4 Å². The molecule has 0 spiro atoms. The van der Waals surface area contributed by atoms with E-state index < -0.39 is 9.84 Å². The monoisotopic (exact) mass is 281 g/mol. The van der Waals surface area contributed by atoms with Crippen LogP contribution in [-0.2, 0) is 9.84 Å². The average Bonchev–Trinajstić information content (AvgIpc) is 2.98. The van der Waals surface area contributed by atoms with Crippen LogP contribution < -0.4 is 5.73 Å². The predicted octanol–water partition coefficient (Wildman–Crippen LogP) is 1.39. The lowest BCUT2D eigenvalue weighted by Gasteiger charge is -2.09. The molecule has 1 fully saturated rings. The molecular weight excluding hydrogens is 266 g/mol. The SMILES string of the molecule is Cc1cc(-c2cc(N)n(C3CCS(=O)(=O)C3)n2)co1. The van der Waals surface area contributed by atoms with Gasteiger partial charge in [0.1, 0.15) is 17.8 Å². The average molecular weight is 281 g/mol. The molecule has 1 aliphatic rings. The summed E-state index contributed by atoms with van der Waals surface area (Å²) in [4.78, 5) is 0. The zero-order valence-corrected chi connectivity index (χ0v) is 11.4. The van der Waals surface area contributed by atoms with Gasteiger partial charge in [-0.3, -0.25) is 0 Å². The van der Waals surface area contributed by atoms with E-state index in [9.17, 15) is 8.42 Å². The molecule has 0 saturated carbocycles. The van der Waals surface area contributed by atoms with E-state index in [-0.39, 0.29) is 17.5 Å². The fourth-order valence-corrected chi connectivity index (χ4v) is 4.08. The molecule has 6 nitrogen and oxygen atoms in total. The number of hydrogen-bond donors (Lipinski definition) is 1. The van der Waals surface area contributed by atoms with Gasteiger partial charge in [0, 0.05) is 11.6 Å². The van der Waals surface area contributed by atoms with E-state index in [1.165, 1.54) is 0 Å². The van der Waals surface area contributed by atoms with Crippen LogP contribution in [0.2, 0.25) is 0 Å². The van der Waals surface area contributed by atoms with E-state index in [1.54, 1.807) is 17.0 Å². The van der Waals surface area contributed by atoms with Crippen molar-refractivity contribution in [2.24, 2.45) is 0 Å². The maximum absolute atomic E-state index is 11.5. The first-order valence-electron chi connectivity index (χ1n) is 6.05. The van der Waals surface area contributed by atoms with Crippen molar-refractivity contribution in [2.45, 2.75) is 19.4 Å². The van der Waals surface area contributed by atoms with Gasteiger partial charge in [-0.25, -0.2) is 13.1 Å². The Bertz CT molecular complexity index is 714. The summed E-state index contributed by atoms with van der Waals surface area (Å²) >= 11 is 0. The Morgan fingerprint density at radius 3 is 2.84 bits per heavy atom. The predicted molar refractivity (Wildman–Crippen MR) is 71.4 cm³/mol. The van der Waals surface area contributed by atoms with Crippen molar-refractivity contribution >= 4 is 15.7 Å². The third kappa shape index (κ3) is 2.25. The van der Waals surface area contributed by atoms with Gasteiger partial charge in [0.2, 0.25) is 0 Å². The highest BCUT2D eigenvalue weighted by atomic mass is 32.2. The maximum Gasteiger partial charge on any atom is 0.152 e. The third-order valence-corrected chi connectivity index (χ3v) is 5.10. The lowest BCUT2D eigenvalue weighted by atomic mass is 10.2. The second-order valence-electron chi connectivity index (χ2n) is 4.90. The van der Waals surface area contributed by atoms with Crippen molar-refractivity contribution in [2.75, 3.05) is 17.2 Å². The van der Waals surface area contributed by atoms with Crippen LogP contribution in [0.3, 0.4) is 0 Å². The molecule has 0 radical (unpaired) electrons. The summed E-state index contributed by atoms with van der Waals surface area (Å²) in [5, 5.41) is 4.41. The van der Waals surface area contributed by atoms with Crippen LogP contribution >= 0.6 is 0 Å². The van der Waals surface area contributed by atoms with Gasteiger partial charge in [0.25, 0.3) is 0 Å². The molecule has 2 aromatic rings. The van der Waals surface area contributed by atoms with E-state index in [1.807, 2.05) is 13.0 Å². The molecule has 0 amide bonds. The van der Waals surface area contributed by atoms with E-state index >= 15 is 0 Å². The minimum Gasteiger partial charge on any atom is -0.469 e. The van der Waals surface area contributed by atoms with Gasteiger partial charge < -0.3 is 10.2 Å². The zero-order chi connectivity index (χ0) is 13.6. The lowest BCUT2D eigenvalue weighted by Crippen LogP contribution is -2.14. The molecule has 19 heavy (non-hydrogen) atoms. The van der Waals surface area contributed by atoms with Gasteiger partial charge in [0.15, 0.2) is 9.84 Å². The number of aryl methyl sites for hydroxylation is 1. The number of nitrogen functional groups attached to an aromatic ring is 1. The summed E-state index contributed by atoms with van der Waals surface area (Å²) in [6, 6.07) is 3.46. The molecule has 0 aliphatic carbocycles. The maximum atomic E-state index is 11.5. The van der Waals surface area contributed by atoms with E-state index in [0.717, 1.165) is 11.3 Å². The third-order valence-electron chi connectivity index (χ3n) is 3.35. The number of sulfone groups is 1. The summed E-state index contributed by atoms with van der Waals surface area (Å²) in [5.41, 5.74) is 7.49. The van der Waals surface area contributed by atoms with E-state index in [2.05, 4.69) is 5.10 Å². The fourth-order valence-electron chi connectivity index (χ4n) is 2.39. The Balaban J connectivity index is 1.94. The normalized spacial score (nSPS) is 21.8. The van der Waals surface area contributed by atoms with Crippen molar-refractivity contribution in [3.05, 3.63) is 24.2 Å². The number of nitrogens with zero attached hydrogens (tertiary/aromatic N) is 2. The summed E-state index contributed by atoms with van der Waals surface area (Å²) in [6.07, 6.45) is 2.19. The smallest absolute Gasteiger partial charge is 0.152 e. The number of nitrogens with two attached hydrogens (primary N) is 1. The molecule has 0 bridgehead atoms. The Morgan fingerprint density at radius 2 is 2.26 bits per heavy atom. The molecule has 1 atom stereocenters. The van der Waals surface area contributed by atoms with Gasteiger partial charge in [-0.15, -0.1) is 0 Å². The van der Waals surface area contributed by atoms with Crippen LogP contribution in [0.25, 0.3) is 11.3 Å². The minimum atomic E-state index is -2.95. The zero-order valence-electron chi connectivity index (χ0n) is 10.5. The van der Waals surface area contributed by atoms with Gasteiger partial charge >= 0.3 is 0 Å². The Hall–Kier alpha value is -1.76. The molecule has 2 aromatic heterocycles. The van der Waals surface area contributed by atoms with Crippen molar-refractivity contribution in [3.8, 4) is 11.3 Å². The molecule has 3 rings (SSSR count). The van der Waals surface area contributed by atoms with Crippen LogP contribution in [-0.4, -0.2) is 29.7 Å². The van der Waals surface area contributed by atoms with Gasteiger partial charge in [0.05, 0.1) is 23.2 Å². The molecule has 7 heteroatoms. The highest BCUT2D eigenvalue weighted by Gasteiger charge is 2.31. The van der Waals surface area contributed by atoms with Gasteiger partial charge in [-0.2, -0.15) is 5.10 Å². The minimum absolute atomic E-state index is 0.114. The largest absolute Gasteiger partial charge is 0.469 e. The number of furan rings is 1. The van der Waals surface area contributed by atoms with Crippen molar-refractivity contribution < 1.29 is 12.8 Å². The first-order valence-corrected chi connectivity index (χ1v) is 7.88. The highest BCUT2D eigenvalue weighted by Crippen LogP contribution is 2.29. The number of anilines is 1. The first-order chi connectivity index (χ1) is 8.94. The van der Waals surface area contributed by atoms with Gasteiger partial charge in [-0.1, -0.05) is 0 Å². The molecule has 0 aromatic carbocycles. The standard InChI is InChI=1S/C12H15N3O3S/c1-8-4-9(6-18-8)11-5-12(13)15(14-11)10-2-3-19(16,17)7-10/h4-6,10H,2-3,7,13H2,1H3. The van der Waals surface area contributed by atoms with E-state index in [4.69, 9.17) is 10.2 Å². The summed E-state index contributed by atoms with van der Waals surface area (Å²) in [6.45, 7) is 1.85. The van der Waals surface area contributed by atoms with Crippen LogP contribution in [0.4, 0.5) is 5.82 Å². The van der Waals surface area contributed by atoms with Crippen LogP contribution in [0.15, 0.2) is 22.8 Å². The summed E-state index contributed by atoms with van der Waals surface area (Å²) in [7, 11) is -2.95. The highest BCUT2D eigenvalue weighted by molar-refractivity contribution is 7.91. The van der Waals surface area contributed by atoms with Crippen LogP contribution in [0.1, 0.15) is 18.2 Å². The Kier molecular flexibility index (Phi) is 2.67. The van der Waals surface area contributed by atoms with Crippen molar-refractivity contribution in [1.82, 2.24) is 9.78 Å². The fraction of sp³-hybridized carbons (Fsp3) is 0.417. The number of rotatable bonds is 2. The Labute approximate surface area is 111 Å². The van der Waals surface area contributed by atoms with E-state index in [0.29, 0.717) is 17.9 Å². The first kappa shape index (κ1) is 12.3. The second kappa shape index (κ2) is 4.12. The molecule has 1 saturated heterocycles.